The number of benzene rings is 1. The predicted octanol–water partition coefficient (Wildman–Crippen LogP) is 2.87. The molecule has 1 aromatic carbocycles. The molecule has 0 N–H and O–H groups in total. The molecule has 1 aliphatic heterocycles. The van der Waals surface area contributed by atoms with Crippen LogP contribution in [0.25, 0.3) is 10.2 Å². The number of fused-ring (bicyclic) bond motifs is 1. The number of aromatic nitrogens is 3. The Bertz CT molecular complexity index is 1040. The number of rotatable bonds is 8. The van der Waals surface area contributed by atoms with Crippen LogP contribution in [-0.2, 0) is 16.1 Å². The molecule has 0 aliphatic carbocycles. The fourth-order valence-electron chi connectivity index (χ4n) is 3.74. The minimum absolute atomic E-state index is 0.0172. The van der Waals surface area contributed by atoms with Crippen LogP contribution in [0, 0.1) is 13.8 Å². The number of carbonyl (C=O) groups excluding carboxylic acids is 1. The van der Waals surface area contributed by atoms with Crippen LogP contribution in [-0.4, -0.2) is 71.6 Å². The van der Waals surface area contributed by atoms with Crippen molar-refractivity contribution < 1.29 is 14.3 Å². The lowest BCUT2D eigenvalue weighted by molar-refractivity contribution is -0.119. The van der Waals surface area contributed by atoms with Crippen LogP contribution in [0.1, 0.15) is 18.3 Å². The SMILES string of the molecule is CCOc1cccc2sc(N(CCN3CCOCC3)C(=O)Cn3nc(C)cc3C)nc12. The van der Waals surface area contributed by atoms with Gasteiger partial charge in [-0.1, -0.05) is 17.4 Å². The van der Waals surface area contributed by atoms with Gasteiger partial charge < -0.3 is 9.47 Å². The first kappa shape index (κ1) is 21.7. The summed E-state index contributed by atoms with van der Waals surface area (Å²) in [6.45, 7) is 11.2. The molecule has 3 heterocycles. The van der Waals surface area contributed by atoms with E-state index >= 15 is 0 Å². The van der Waals surface area contributed by atoms with Crippen molar-refractivity contribution in [1.29, 1.82) is 0 Å². The molecule has 0 unspecified atom stereocenters. The van der Waals surface area contributed by atoms with Gasteiger partial charge in [0, 0.05) is 31.9 Å². The highest BCUT2D eigenvalue weighted by Gasteiger charge is 2.23. The van der Waals surface area contributed by atoms with Crippen LogP contribution in [0.5, 0.6) is 5.75 Å². The zero-order valence-corrected chi connectivity index (χ0v) is 19.2. The highest BCUT2D eigenvalue weighted by molar-refractivity contribution is 7.22. The Morgan fingerprint density at radius 2 is 2.10 bits per heavy atom. The third-order valence-electron chi connectivity index (χ3n) is 5.33. The first-order valence-electron chi connectivity index (χ1n) is 10.7. The molecule has 1 amide bonds. The molecule has 0 bridgehead atoms. The molecule has 1 saturated heterocycles. The third kappa shape index (κ3) is 5.06. The summed E-state index contributed by atoms with van der Waals surface area (Å²) in [6.07, 6.45) is 0. The minimum atomic E-state index is -0.0172. The first-order chi connectivity index (χ1) is 15.0. The molecular weight excluding hydrogens is 414 g/mol. The highest BCUT2D eigenvalue weighted by Crippen LogP contribution is 2.34. The molecule has 0 radical (unpaired) electrons. The average molecular weight is 444 g/mol. The topological polar surface area (TPSA) is 72.7 Å². The number of aryl methyl sites for hydroxylation is 2. The fraction of sp³-hybridized carbons (Fsp3) is 0.500. The Labute approximate surface area is 186 Å². The van der Waals surface area contributed by atoms with Crippen LogP contribution in [0.3, 0.4) is 0 Å². The summed E-state index contributed by atoms with van der Waals surface area (Å²) < 4.78 is 14.0. The van der Waals surface area contributed by atoms with E-state index in [1.54, 1.807) is 9.58 Å². The third-order valence-corrected chi connectivity index (χ3v) is 6.38. The highest BCUT2D eigenvalue weighted by atomic mass is 32.1. The van der Waals surface area contributed by atoms with Crippen molar-refractivity contribution in [3.05, 3.63) is 35.7 Å². The fourth-order valence-corrected chi connectivity index (χ4v) is 4.77. The van der Waals surface area contributed by atoms with Crippen molar-refractivity contribution in [3.63, 3.8) is 0 Å². The summed E-state index contributed by atoms with van der Waals surface area (Å²) in [7, 11) is 0. The van der Waals surface area contributed by atoms with E-state index in [0.29, 0.717) is 18.3 Å². The van der Waals surface area contributed by atoms with E-state index in [4.69, 9.17) is 14.5 Å². The number of para-hydroxylation sites is 1. The van der Waals surface area contributed by atoms with Gasteiger partial charge in [-0.3, -0.25) is 19.3 Å². The molecule has 3 aromatic rings. The normalized spacial score (nSPS) is 14.8. The van der Waals surface area contributed by atoms with Crippen LogP contribution in [0.4, 0.5) is 5.13 Å². The molecule has 8 nitrogen and oxygen atoms in total. The van der Waals surface area contributed by atoms with Gasteiger partial charge in [0.1, 0.15) is 17.8 Å². The number of thiazole rings is 1. The molecule has 4 rings (SSSR count). The summed E-state index contributed by atoms with van der Waals surface area (Å²) in [4.78, 5) is 22.3. The number of ether oxygens (including phenoxy) is 2. The van der Waals surface area contributed by atoms with Gasteiger partial charge in [0.25, 0.3) is 5.91 Å². The minimum Gasteiger partial charge on any atom is -0.492 e. The number of morpholine rings is 1. The molecular formula is C22H29N5O3S. The summed E-state index contributed by atoms with van der Waals surface area (Å²) in [5.41, 5.74) is 2.69. The van der Waals surface area contributed by atoms with E-state index in [0.717, 1.165) is 60.2 Å². The van der Waals surface area contributed by atoms with E-state index in [1.165, 1.54) is 11.3 Å². The van der Waals surface area contributed by atoms with Gasteiger partial charge in [-0.15, -0.1) is 0 Å². The van der Waals surface area contributed by atoms with Gasteiger partial charge in [-0.25, -0.2) is 4.98 Å². The summed E-state index contributed by atoms with van der Waals surface area (Å²) in [5.74, 6) is 0.734. The summed E-state index contributed by atoms with van der Waals surface area (Å²) >= 11 is 1.52. The smallest absolute Gasteiger partial charge is 0.250 e. The van der Waals surface area contributed by atoms with Crippen molar-refractivity contribution in [2.24, 2.45) is 0 Å². The zero-order valence-electron chi connectivity index (χ0n) is 18.3. The summed E-state index contributed by atoms with van der Waals surface area (Å²) in [6, 6.07) is 7.89. The standard InChI is InChI=1S/C22H29N5O3S/c1-4-30-18-6-5-7-19-21(18)23-22(31-19)26(9-8-25-10-12-29-13-11-25)20(28)15-27-17(3)14-16(2)24-27/h5-7,14H,4,8-13,15H2,1-3H3. The second-order valence-corrected chi connectivity index (χ2v) is 8.63. The molecule has 0 spiro atoms. The van der Waals surface area contributed by atoms with Crippen LogP contribution >= 0.6 is 11.3 Å². The predicted molar refractivity (Wildman–Crippen MR) is 122 cm³/mol. The molecule has 1 aliphatic rings. The number of amides is 1. The Hall–Kier alpha value is -2.49. The lowest BCUT2D eigenvalue weighted by atomic mass is 10.3. The first-order valence-corrected chi connectivity index (χ1v) is 11.5. The molecule has 2 aromatic heterocycles. The van der Waals surface area contributed by atoms with E-state index in [2.05, 4.69) is 10.00 Å². The van der Waals surface area contributed by atoms with Crippen LogP contribution in [0.2, 0.25) is 0 Å². The Morgan fingerprint density at radius 1 is 1.29 bits per heavy atom. The number of anilines is 1. The van der Waals surface area contributed by atoms with E-state index in [-0.39, 0.29) is 12.5 Å². The number of hydrogen-bond donors (Lipinski definition) is 0. The van der Waals surface area contributed by atoms with Crippen molar-refractivity contribution in [2.75, 3.05) is 50.9 Å². The Morgan fingerprint density at radius 3 is 2.81 bits per heavy atom. The van der Waals surface area contributed by atoms with Crippen molar-refractivity contribution in [2.45, 2.75) is 27.3 Å². The molecule has 0 saturated carbocycles. The maximum Gasteiger partial charge on any atom is 0.250 e. The maximum absolute atomic E-state index is 13.4. The van der Waals surface area contributed by atoms with Gasteiger partial charge in [0.15, 0.2) is 5.13 Å². The zero-order chi connectivity index (χ0) is 21.8. The number of hydrogen-bond acceptors (Lipinski definition) is 7. The van der Waals surface area contributed by atoms with Gasteiger partial charge in [-0.05, 0) is 39.0 Å². The van der Waals surface area contributed by atoms with Gasteiger partial charge in [0.05, 0.1) is 30.2 Å². The van der Waals surface area contributed by atoms with Gasteiger partial charge >= 0.3 is 0 Å². The lowest BCUT2D eigenvalue weighted by Gasteiger charge is -2.29. The van der Waals surface area contributed by atoms with Gasteiger partial charge in [-0.2, -0.15) is 5.10 Å². The molecule has 166 valence electrons. The molecule has 1 fully saturated rings. The summed E-state index contributed by atoms with van der Waals surface area (Å²) in [5, 5.41) is 5.16. The molecule has 31 heavy (non-hydrogen) atoms. The maximum atomic E-state index is 13.4. The largest absolute Gasteiger partial charge is 0.492 e. The van der Waals surface area contributed by atoms with Crippen molar-refractivity contribution in [1.82, 2.24) is 19.7 Å². The Balaban J connectivity index is 1.60. The quantitative estimate of drug-likeness (QED) is 0.533. The van der Waals surface area contributed by atoms with E-state index in [9.17, 15) is 4.79 Å². The monoisotopic (exact) mass is 443 g/mol. The Kier molecular flexibility index (Phi) is 6.84. The van der Waals surface area contributed by atoms with Crippen molar-refractivity contribution >= 4 is 32.6 Å². The second-order valence-electron chi connectivity index (χ2n) is 7.62. The molecule has 0 atom stereocenters. The number of nitrogens with zero attached hydrogens (tertiary/aromatic N) is 5. The van der Waals surface area contributed by atoms with Crippen LogP contribution in [0.15, 0.2) is 24.3 Å². The second kappa shape index (κ2) is 9.76. The van der Waals surface area contributed by atoms with Gasteiger partial charge in [0.2, 0.25) is 0 Å². The van der Waals surface area contributed by atoms with E-state index in [1.807, 2.05) is 45.0 Å². The lowest BCUT2D eigenvalue weighted by Crippen LogP contribution is -2.44. The van der Waals surface area contributed by atoms with E-state index < -0.39 is 0 Å². The number of carbonyl (C=O) groups is 1. The van der Waals surface area contributed by atoms with Crippen molar-refractivity contribution in [3.8, 4) is 5.75 Å². The average Bonchev–Trinajstić information content (AvgIpc) is 3.32. The molecule has 9 heteroatoms. The van der Waals surface area contributed by atoms with Crippen LogP contribution < -0.4 is 9.64 Å².